The van der Waals surface area contributed by atoms with Crippen LogP contribution in [0, 0.1) is 12.8 Å². The number of aliphatic carboxylic acids is 2. The quantitative estimate of drug-likeness (QED) is 0.510. The number of carbonyl (C=O) groups is 2. The average Bonchev–Trinajstić information content (AvgIpc) is 3.55. The molecule has 4 heterocycles. The van der Waals surface area contributed by atoms with E-state index < -0.39 is 24.3 Å². The maximum Gasteiger partial charge on any atom is 0.490 e. The first-order valence-electron chi connectivity index (χ1n) is 11.1. The number of thiazole rings is 1. The van der Waals surface area contributed by atoms with Crippen LogP contribution in [0.4, 0.5) is 26.3 Å². The summed E-state index contributed by atoms with van der Waals surface area (Å²) in [6.45, 7) is 7.17. The van der Waals surface area contributed by atoms with Gasteiger partial charge in [-0.15, -0.1) is 11.3 Å². The number of nitrogens with zero attached hydrogens (tertiary/aromatic N) is 3. The Labute approximate surface area is 217 Å². The van der Waals surface area contributed by atoms with Crippen molar-refractivity contribution >= 4 is 23.3 Å². The monoisotopic (exact) mass is 575 g/mol. The third-order valence-corrected chi connectivity index (χ3v) is 6.76. The average molecular weight is 576 g/mol. The molecule has 0 saturated carbocycles. The lowest BCUT2D eigenvalue weighted by Gasteiger charge is -2.40. The van der Waals surface area contributed by atoms with Crippen LogP contribution in [0.1, 0.15) is 22.9 Å². The van der Waals surface area contributed by atoms with Gasteiger partial charge in [-0.2, -0.15) is 26.3 Å². The second-order valence-electron chi connectivity index (χ2n) is 8.53. The minimum atomic E-state index is -5.08. The second-order valence-corrected chi connectivity index (χ2v) is 9.47. The molecule has 38 heavy (non-hydrogen) atoms. The van der Waals surface area contributed by atoms with Crippen molar-refractivity contribution in [3.05, 3.63) is 40.2 Å². The summed E-state index contributed by atoms with van der Waals surface area (Å²) < 4.78 is 74.8. The highest BCUT2D eigenvalue weighted by Gasteiger charge is 2.44. The van der Waals surface area contributed by atoms with E-state index in [1.807, 2.05) is 13.2 Å². The minimum absolute atomic E-state index is 0.367. The number of ether oxygens (including phenoxy) is 1. The van der Waals surface area contributed by atoms with Crippen LogP contribution < -0.4 is 0 Å². The molecule has 0 aliphatic carbocycles. The van der Waals surface area contributed by atoms with Crippen LogP contribution in [0.25, 0.3) is 0 Å². The first kappa shape index (κ1) is 31.5. The molecule has 2 aliphatic heterocycles. The van der Waals surface area contributed by atoms with Crippen molar-refractivity contribution < 1.29 is 55.3 Å². The number of carboxylic acid groups (broad SMARTS) is 2. The molecule has 0 aromatic carbocycles. The maximum absolute atomic E-state index is 10.6. The van der Waals surface area contributed by atoms with E-state index in [0.29, 0.717) is 18.1 Å². The number of likely N-dealkylation sites (tertiary alicyclic amines) is 2. The van der Waals surface area contributed by atoms with E-state index in [1.54, 1.807) is 17.6 Å². The summed E-state index contributed by atoms with van der Waals surface area (Å²) in [5.74, 6) is -3.90. The zero-order valence-corrected chi connectivity index (χ0v) is 21.1. The van der Waals surface area contributed by atoms with Gasteiger partial charge in [0.1, 0.15) is 10.8 Å². The predicted molar refractivity (Wildman–Crippen MR) is 121 cm³/mol. The van der Waals surface area contributed by atoms with Gasteiger partial charge in [-0.3, -0.25) is 9.80 Å². The molecule has 2 aromatic heterocycles. The fourth-order valence-corrected chi connectivity index (χ4v) is 5.01. The lowest BCUT2D eigenvalue weighted by atomic mass is 9.89. The molecule has 16 heteroatoms. The lowest BCUT2D eigenvalue weighted by Crippen LogP contribution is -2.50. The van der Waals surface area contributed by atoms with Gasteiger partial charge in [0.2, 0.25) is 0 Å². The van der Waals surface area contributed by atoms with E-state index in [-0.39, 0.29) is 0 Å². The molecular formula is C22H27F6N3O6S. The van der Waals surface area contributed by atoms with Crippen LogP contribution in [-0.2, 0) is 27.4 Å². The van der Waals surface area contributed by atoms with Crippen LogP contribution in [0.2, 0.25) is 0 Å². The number of carboxylic acids is 2. The van der Waals surface area contributed by atoms with Crippen LogP contribution >= 0.6 is 11.3 Å². The number of methoxy groups -OCH3 is 1. The number of aryl methyl sites for hydroxylation is 1. The molecule has 3 atom stereocenters. The van der Waals surface area contributed by atoms with Crippen molar-refractivity contribution in [2.45, 2.75) is 50.9 Å². The Kier molecular flexibility index (Phi) is 11.1. The van der Waals surface area contributed by atoms with E-state index in [9.17, 15) is 26.3 Å². The molecule has 0 radical (unpaired) electrons. The highest BCUT2D eigenvalue weighted by Crippen LogP contribution is 2.34. The van der Waals surface area contributed by atoms with Gasteiger partial charge in [-0.1, -0.05) is 0 Å². The van der Waals surface area contributed by atoms with Crippen LogP contribution in [0.15, 0.2) is 28.2 Å². The molecule has 2 saturated heterocycles. The fraction of sp³-hybridized carbons (Fsp3) is 0.591. The van der Waals surface area contributed by atoms with Gasteiger partial charge in [-0.05, 0) is 25.5 Å². The highest BCUT2D eigenvalue weighted by atomic mass is 32.1. The molecule has 214 valence electrons. The molecule has 9 nitrogen and oxygen atoms in total. The number of rotatable bonds is 5. The number of hydrogen-bond acceptors (Lipinski definition) is 8. The summed E-state index contributed by atoms with van der Waals surface area (Å²) in [6.07, 6.45) is -6.93. The SMILES string of the molecule is CO[C@H]1CCN(Cc2nc(C)cs2)[C@@H]2CN(Cc3ccco3)C[C@H]12.O=C(O)C(F)(F)F.O=C(O)C(F)(F)F. The Morgan fingerprint density at radius 3 is 2.18 bits per heavy atom. The summed E-state index contributed by atoms with van der Waals surface area (Å²) in [7, 11) is 1.86. The Morgan fingerprint density at radius 2 is 1.74 bits per heavy atom. The van der Waals surface area contributed by atoms with E-state index in [2.05, 4.69) is 33.2 Å². The van der Waals surface area contributed by atoms with Gasteiger partial charge >= 0.3 is 24.3 Å². The number of alkyl halides is 6. The van der Waals surface area contributed by atoms with Gasteiger partial charge in [0, 0.05) is 49.8 Å². The van der Waals surface area contributed by atoms with Gasteiger partial charge in [0.25, 0.3) is 0 Å². The lowest BCUT2D eigenvalue weighted by molar-refractivity contribution is -0.193. The highest BCUT2D eigenvalue weighted by molar-refractivity contribution is 7.09. The molecule has 0 unspecified atom stereocenters. The van der Waals surface area contributed by atoms with E-state index in [1.165, 1.54) is 5.01 Å². The van der Waals surface area contributed by atoms with Gasteiger partial charge in [-0.25, -0.2) is 14.6 Å². The number of furan rings is 1. The van der Waals surface area contributed by atoms with Crippen molar-refractivity contribution in [2.75, 3.05) is 26.7 Å². The summed E-state index contributed by atoms with van der Waals surface area (Å²) in [6, 6.07) is 4.57. The van der Waals surface area contributed by atoms with E-state index in [4.69, 9.17) is 29.0 Å². The van der Waals surface area contributed by atoms with E-state index >= 15 is 0 Å². The number of fused-ring (bicyclic) bond motifs is 1. The molecular weight excluding hydrogens is 548 g/mol. The normalized spacial score (nSPS) is 22.1. The van der Waals surface area contributed by atoms with Gasteiger partial charge in [0.15, 0.2) is 0 Å². The van der Waals surface area contributed by atoms with Gasteiger partial charge in [0.05, 0.1) is 25.5 Å². The summed E-state index contributed by atoms with van der Waals surface area (Å²) in [5, 5.41) is 17.6. The third-order valence-electron chi connectivity index (χ3n) is 5.81. The number of aromatic nitrogens is 1. The molecule has 0 spiro atoms. The van der Waals surface area contributed by atoms with Crippen LogP contribution in [-0.4, -0.2) is 88.2 Å². The first-order valence-corrected chi connectivity index (χ1v) is 12.0. The smallest absolute Gasteiger partial charge is 0.475 e. The van der Waals surface area contributed by atoms with Crippen molar-refractivity contribution in [3.63, 3.8) is 0 Å². The molecule has 2 N–H and O–H groups in total. The Morgan fingerprint density at radius 1 is 1.13 bits per heavy atom. The Hall–Kier alpha value is -2.69. The molecule has 4 rings (SSSR count). The number of piperidine rings is 1. The molecule has 2 aromatic rings. The summed E-state index contributed by atoms with van der Waals surface area (Å²) in [4.78, 5) is 27.6. The minimum Gasteiger partial charge on any atom is -0.475 e. The summed E-state index contributed by atoms with van der Waals surface area (Å²) in [5.41, 5.74) is 1.13. The van der Waals surface area contributed by atoms with Crippen molar-refractivity contribution in [1.82, 2.24) is 14.8 Å². The van der Waals surface area contributed by atoms with Crippen LogP contribution in [0.3, 0.4) is 0 Å². The number of halogens is 6. The van der Waals surface area contributed by atoms with Crippen molar-refractivity contribution in [3.8, 4) is 0 Å². The summed E-state index contributed by atoms with van der Waals surface area (Å²) >= 11 is 1.78. The fourth-order valence-electron chi connectivity index (χ4n) is 4.21. The molecule has 0 amide bonds. The topological polar surface area (TPSA) is 116 Å². The van der Waals surface area contributed by atoms with Crippen molar-refractivity contribution in [2.24, 2.45) is 5.92 Å². The second kappa shape index (κ2) is 13.4. The largest absolute Gasteiger partial charge is 0.490 e. The van der Waals surface area contributed by atoms with Crippen molar-refractivity contribution in [1.29, 1.82) is 0 Å². The molecule has 2 aliphatic rings. The number of hydrogen-bond donors (Lipinski definition) is 2. The third kappa shape index (κ3) is 9.56. The predicted octanol–water partition coefficient (Wildman–Crippen LogP) is 4.03. The maximum atomic E-state index is 10.6. The zero-order valence-electron chi connectivity index (χ0n) is 20.3. The Bertz CT molecular complexity index is 1010. The zero-order chi connectivity index (χ0) is 28.7. The Balaban J connectivity index is 0.000000301. The van der Waals surface area contributed by atoms with Crippen LogP contribution in [0.5, 0.6) is 0 Å². The molecule has 0 bridgehead atoms. The van der Waals surface area contributed by atoms with Gasteiger partial charge < -0.3 is 19.4 Å². The van der Waals surface area contributed by atoms with E-state index in [0.717, 1.165) is 50.6 Å². The molecule has 2 fully saturated rings. The first-order chi connectivity index (χ1) is 17.6. The standard InChI is InChI=1S/C18H25N3O2S.2C2HF3O2/c1-13-12-24-18(19-13)11-21-6-5-17(22-2)15-9-20(10-16(15)21)8-14-4-3-7-23-14;2*3-2(4,5)1(6)7/h3-4,7,12,15-17H,5-6,8-11H2,1-2H3;2*(H,6,7)/t15-,16+,17-;;/m0../s1.